The summed E-state index contributed by atoms with van der Waals surface area (Å²) in [4.78, 5) is 9.80. The van der Waals surface area contributed by atoms with E-state index in [1.807, 2.05) is 36.7 Å². The number of β-amino-alcohol motifs (C(OH)–C–C–N with tert-alkyl or cyclic N) is 1. The van der Waals surface area contributed by atoms with Gasteiger partial charge < -0.3 is 10.1 Å². The van der Waals surface area contributed by atoms with Crippen molar-refractivity contribution in [1.82, 2.24) is 14.9 Å². The molecular weight excluding hydrogens is 322 g/mol. The zero-order valence-corrected chi connectivity index (χ0v) is 14.1. The molecule has 2 N–H and O–H groups in total. The van der Waals surface area contributed by atoms with E-state index in [1.54, 1.807) is 0 Å². The SMILES string of the molecule is OC1(Cc2ccc(Cl)cc2)CCN(Cc2ccnc3[nH]ccc23)C1. The number of hydrogen-bond acceptors (Lipinski definition) is 3. The van der Waals surface area contributed by atoms with E-state index in [4.69, 9.17) is 11.6 Å². The second-order valence-electron chi connectivity index (χ2n) is 6.70. The van der Waals surface area contributed by atoms with Gasteiger partial charge in [-0.15, -0.1) is 0 Å². The topological polar surface area (TPSA) is 52.1 Å². The van der Waals surface area contributed by atoms with Gasteiger partial charge in [-0.25, -0.2) is 4.98 Å². The standard InChI is InChI=1S/C19H20ClN3O/c20-16-3-1-14(2-4-16)11-19(24)7-10-23(13-19)12-15-5-8-21-18-17(15)6-9-22-18/h1-6,8-9,24H,7,10-13H2,(H,21,22). The normalized spacial score (nSPS) is 21.6. The highest BCUT2D eigenvalue weighted by molar-refractivity contribution is 6.30. The van der Waals surface area contributed by atoms with Crippen LogP contribution >= 0.6 is 11.6 Å². The van der Waals surface area contributed by atoms with E-state index >= 15 is 0 Å². The summed E-state index contributed by atoms with van der Waals surface area (Å²) in [5, 5.41) is 12.8. The van der Waals surface area contributed by atoms with Gasteiger partial charge in [-0.3, -0.25) is 4.90 Å². The molecule has 0 saturated carbocycles. The van der Waals surface area contributed by atoms with E-state index in [1.165, 1.54) is 5.56 Å². The number of aromatic amines is 1. The lowest BCUT2D eigenvalue weighted by Crippen LogP contribution is -2.35. The summed E-state index contributed by atoms with van der Waals surface area (Å²) in [5.74, 6) is 0. The number of rotatable bonds is 4. The highest BCUT2D eigenvalue weighted by Gasteiger charge is 2.36. The molecule has 0 radical (unpaired) electrons. The molecule has 1 fully saturated rings. The minimum Gasteiger partial charge on any atom is -0.388 e. The van der Waals surface area contributed by atoms with Crippen molar-refractivity contribution in [2.45, 2.75) is 25.0 Å². The molecule has 124 valence electrons. The van der Waals surface area contributed by atoms with Crippen molar-refractivity contribution >= 4 is 22.6 Å². The third kappa shape index (κ3) is 3.18. The van der Waals surface area contributed by atoms with Crippen LogP contribution in [0.3, 0.4) is 0 Å². The third-order valence-electron chi connectivity index (χ3n) is 4.80. The maximum Gasteiger partial charge on any atom is 0.137 e. The minimum atomic E-state index is -0.669. The van der Waals surface area contributed by atoms with Gasteiger partial charge in [0.25, 0.3) is 0 Å². The predicted molar refractivity (Wildman–Crippen MR) is 96.1 cm³/mol. The largest absolute Gasteiger partial charge is 0.388 e. The van der Waals surface area contributed by atoms with Gasteiger partial charge in [0.15, 0.2) is 0 Å². The lowest BCUT2D eigenvalue weighted by Gasteiger charge is -2.24. The molecule has 0 aliphatic carbocycles. The van der Waals surface area contributed by atoms with Crippen LogP contribution in [0, 0.1) is 0 Å². The average molecular weight is 342 g/mol. The lowest BCUT2D eigenvalue weighted by molar-refractivity contribution is 0.0488. The Labute approximate surface area is 146 Å². The van der Waals surface area contributed by atoms with Crippen LogP contribution in [0.15, 0.2) is 48.8 Å². The Hall–Kier alpha value is -1.88. The Balaban J connectivity index is 1.46. The molecule has 4 nitrogen and oxygen atoms in total. The van der Waals surface area contributed by atoms with Gasteiger partial charge in [0.2, 0.25) is 0 Å². The quantitative estimate of drug-likeness (QED) is 0.764. The Morgan fingerprint density at radius 1 is 1.21 bits per heavy atom. The summed E-state index contributed by atoms with van der Waals surface area (Å²) in [6.07, 6.45) is 5.21. The molecule has 2 aromatic heterocycles. The van der Waals surface area contributed by atoms with E-state index in [0.29, 0.717) is 13.0 Å². The maximum absolute atomic E-state index is 10.9. The second kappa shape index (κ2) is 6.20. The van der Waals surface area contributed by atoms with Gasteiger partial charge in [0.1, 0.15) is 5.65 Å². The molecule has 1 aliphatic heterocycles. The fourth-order valence-electron chi connectivity index (χ4n) is 3.60. The van der Waals surface area contributed by atoms with Crippen molar-refractivity contribution < 1.29 is 5.11 Å². The van der Waals surface area contributed by atoms with Crippen molar-refractivity contribution in [3.05, 3.63) is 64.9 Å². The molecule has 1 atom stereocenters. The van der Waals surface area contributed by atoms with Crippen LogP contribution in [0.2, 0.25) is 5.02 Å². The fourth-order valence-corrected chi connectivity index (χ4v) is 3.72. The zero-order chi connectivity index (χ0) is 16.6. The van der Waals surface area contributed by atoms with E-state index < -0.39 is 5.60 Å². The first-order valence-corrected chi connectivity index (χ1v) is 8.59. The number of aromatic nitrogens is 2. The summed E-state index contributed by atoms with van der Waals surface area (Å²) in [5.41, 5.74) is 2.62. The Morgan fingerprint density at radius 2 is 2.04 bits per heavy atom. The van der Waals surface area contributed by atoms with Crippen LogP contribution in [0.5, 0.6) is 0 Å². The van der Waals surface area contributed by atoms with Crippen molar-refractivity contribution in [2.75, 3.05) is 13.1 Å². The number of halogens is 1. The predicted octanol–water partition coefficient (Wildman–Crippen LogP) is 3.40. The molecule has 5 heteroatoms. The number of aliphatic hydroxyl groups is 1. The van der Waals surface area contributed by atoms with Crippen LogP contribution in [0.4, 0.5) is 0 Å². The molecule has 1 aliphatic rings. The van der Waals surface area contributed by atoms with Gasteiger partial charge in [-0.2, -0.15) is 0 Å². The van der Waals surface area contributed by atoms with E-state index in [0.717, 1.165) is 41.1 Å². The van der Waals surface area contributed by atoms with Crippen LogP contribution in [0.1, 0.15) is 17.5 Å². The first-order chi connectivity index (χ1) is 11.6. The number of benzene rings is 1. The number of nitrogens with one attached hydrogen (secondary N) is 1. The van der Waals surface area contributed by atoms with E-state index in [-0.39, 0.29) is 0 Å². The molecule has 0 bridgehead atoms. The molecule has 0 amide bonds. The number of H-pyrrole nitrogens is 1. The molecule has 0 spiro atoms. The van der Waals surface area contributed by atoms with Gasteiger partial charge in [-0.05, 0) is 41.8 Å². The summed E-state index contributed by atoms with van der Waals surface area (Å²) < 4.78 is 0. The number of pyridine rings is 1. The number of hydrogen-bond donors (Lipinski definition) is 2. The smallest absolute Gasteiger partial charge is 0.137 e. The fraction of sp³-hybridized carbons (Fsp3) is 0.316. The molecule has 3 heterocycles. The molecule has 3 aromatic rings. The minimum absolute atomic E-state index is 0.663. The summed E-state index contributed by atoms with van der Waals surface area (Å²) in [6, 6.07) is 11.9. The number of nitrogens with zero attached hydrogens (tertiary/aromatic N) is 2. The third-order valence-corrected chi connectivity index (χ3v) is 5.05. The highest BCUT2D eigenvalue weighted by atomic mass is 35.5. The van der Waals surface area contributed by atoms with E-state index in [9.17, 15) is 5.11 Å². The van der Waals surface area contributed by atoms with Crippen LogP contribution in [-0.4, -0.2) is 38.7 Å². The van der Waals surface area contributed by atoms with E-state index in [2.05, 4.69) is 27.0 Å². The Kier molecular flexibility index (Phi) is 4.04. The second-order valence-corrected chi connectivity index (χ2v) is 7.13. The maximum atomic E-state index is 10.9. The van der Waals surface area contributed by atoms with Crippen LogP contribution in [0.25, 0.3) is 11.0 Å². The monoisotopic (exact) mass is 341 g/mol. The highest BCUT2D eigenvalue weighted by Crippen LogP contribution is 2.28. The molecule has 4 rings (SSSR count). The van der Waals surface area contributed by atoms with Crippen LogP contribution < -0.4 is 0 Å². The Bertz CT molecular complexity index is 845. The molecule has 1 aromatic carbocycles. The number of fused-ring (bicyclic) bond motifs is 1. The lowest BCUT2D eigenvalue weighted by atomic mass is 9.94. The van der Waals surface area contributed by atoms with Gasteiger partial charge >= 0.3 is 0 Å². The molecular formula is C19H20ClN3O. The molecule has 24 heavy (non-hydrogen) atoms. The van der Waals surface area contributed by atoms with Gasteiger partial charge in [0.05, 0.1) is 5.60 Å². The first-order valence-electron chi connectivity index (χ1n) is 8.21. The van der Waals surface area contributed by atoms with Gasteiger partial charge in [-0.1, -0.05) is 23.7 Å². The van der Waals surface area contributed by atoms with Gasteiger partial charge in [0, 0.05) is 48.9 Å². The summed E-state index contributed by atoms with van der Waals surface area (Å²) >= 11 is 5.94. The van der Waals surface area contributed by atoms with Crippen molar-refractivity contribution in [1.29, 1.82) is 0 Å². The average Bonchev–Trinajstić information content (AvgIpc) is 3.17. The molecule has 1 unspecified atom stereocenters. The van der Waals surface area contributed by atoms with Crippen molar-refractivity contribution in [3.8, 4) is 0 Å². The van der Waals surface area contributed by atoms with Crippen LogP contribution in [-0.2, 0) is 13.0 Å². The summed E-state index contributed by atoms with van der Waals surface area (Å²) in [6.45, 7) is 2.42. The number of likely N-dealkylation sites (tertiary alicyclic amines) is 1. The first kappa shape index (κ1) is 15.6. The summed E-state index contributed by atoms with van der Waals surface area (Å²) in [7, 11) is 0. The Morgan fingerprint density at radius 3 is 2.88 bits per heavy atom. The van der Waals surface area contributed by atoms with Crippen molar-refractivity contribution in [3.63, 3.8) is 0 Å². The molecule has 1 saturated heterocycles. The zero-order valence-electron chi connectivity index (χ0n) is 13.4. The van der Waals surface area contributed by atoms with Crippen molar-refractivity contribution in [2.24, 2.45) is 0 Å².